The Balaban J connectivity index is 2.36. The molecule has 2 heteroatoms. The van der Waals surface area contributed by atoms with E-state index < -0.39 is 0 Å². The van der Waals surface area contributed by atoms with Crippen molar-refractivity contribution < 1.29 is 9.47 Å². The Bertz CT molecular complexity index is 264. The molecule has 0 saturated heterocycles. The predicted octanol–water partition coefficient (Wildman–Crippen LogP) is 3.23. The van der Waals surface area contributed by atoms with E-state index in [9.17, 15) is 0 Å². The molecule has 1 aromatic carbocycles. The van der Waals surface area contributed by atoms with Gasteiger partial charge in [-0.3, -0.25) is 0 Å². The number of benzene rings is 1. The number of hydrogen-bond donors (Lipinski definition) is 0. The van der Waals surface area contributed by atoms with E-state index in [1.54, 1.807) is 7.11 Å². The molecule has 0 spiro atoms. The molecule has 0 fully saturated rings. The lowest BCUT2D eigenvalue weighted by atomic mass is 10.0. The van der Waals surface area contributed by atoms with Crippen LogP contribution < -0.4 is 4.74 Å². The van der Waals surface area contributed by atoms with Gasteiger partial charge in [0.15, 0.2) is 0 Å². The van der Waals surface area contributed by atoms with E-state index in [0.29, 0.717) is 5.92 Å². The molecule has 0 aliphatic carbocycles. The molecule has 0 aliphatic heterocycles. The molecule has 0 bridgehead atoms. The minimum absolute atomic E-state index is 0.576. The Kier molecular flexibility index (Phi) is 5.19. The van der Waals surface area contributed by atoms with E-state index >= 15 is 0 Å². The summed E-state index contributed by atoms with van der Waals surface area (Å²) in [7, 11) is 1.71. The number of rotatable bonds is 6. The molecule has 84 valence electrons. The summed E-state index contributed by atoms with van der Waals surface area (Å²) in [5.74, 6) is 1.52. The average molecular weight is 208 g/mol. The van der Waals surface area contributed by atoms with Gasteiger partial charge in [0, 0.05) is 20.1 Å². The molecule has 1 rings (SSSR count). The molecule has 0 heterocycles. The van der Waals surface area contributed by atoms with Crippen molar-refractivity contribution in [2.75, 3.05) is 20.3 Å². The van der Waals surface area contributed by atoms with E-state index in [1.807, 2.05) is 12.1 Å². The van der Waals surface area contributed by atoms with Gasteiger partial charge in [0.05, 0.1) is 6.61 Å². The highest BCUT2D eigenvalue weighted by Gasteiger charge is 1.99. The van der Waals surface area contributed by atoms with E-state index in [1.165, 1.54) is 5.56 Å². The van der Waals surface area contributed by atoms with Gasteiger partial charge >= 0.3 is 0 Å². The number of methoxy groups -OCH3 is 1. The monoisotopic (exact) mass is 208 g/mol. The van der Waals surface area contributed by atoms with Gasteiger partial charge in [-0.2, -0.15) is 0 Å². The van der Waals surface area contributed by atoms with Gasteiger partial charge in [0.2, 0.25) is 0 Å². The zero-order valence-corrected chi connectivity index (χ0v) is 9.82. The van der Waals surface area contributed by atoms with Gasteiger partial charge in [0.1, 0.15) is 5.75 Å². The maximum atomic E-state index is 5.56. The standard InChI is InChI=1S/C13H20O2/c1-11(2)12-5-7-13(8-6-12)15-10-4-9-14-3/h5-8,11H,4,9-10H2,1-3H3. The minimum Gasteiger partial charge on any atom is -0.494 e. The summed E-state index contributed by atoms with van der Waals surface area (Å²) in [6.07, 6.45) is 0.933. The van der Waals surface area contributed by atoms with Crippen LogP contribution in [0, 0.1) is 0 Å². The normalized spacial score (nSPS) is 10.7. The lowest BCUT2D eigenvalue weighted by molar-refractivity contribution is 0.172. The Hall–Kier alpha value is -1.02. The summed E-state index contributed by atoms with van der Waals surface area (Å²) in [6, 6.07) is 8.30. The zero-order chi connectivity index (χ0) is 11.1. The first-order chi connectivity index (χ1) is 7.24. The second-order valence-corrected chi connectivity index (χ2v) is 3.92. The summed E-state index contributed by atoms with van der Waals surface area (Å²) in [5.41, 5.74) is 1.35. The molecule has 1 aromatic rings. The molecular weight excluding hydrogens is 188 g/mol. The second-order valence-electron chi connectivity index (χ2n) is 3.92. The van der Waals surface area contributed by atoms with Crippen LogP contribution in [0.3, 0.4) is 0 Å². The van der Waals surface area contributed by atoms with Crippen LogP contribution in [0.5, 0.6) is 5.75 Å². The highest BCUT2D eigenvalue weighted by molar-refractivity contribution is 5.28. The quantitative estimate of drug-likeness (QED) is 0.668. The van der Waals surface area contributed by atoms with Gasteiger partial charge in [-0.25, -0.2) is 0 Å². The molecule has 0 amide bonds. The molecule has 0 atom stereocenters. The van der Waals surface area contributed by atoms with Crippen LogP contribution in [-0.2, 0) is 4.74 Å². The van der Waals surface area contributed by atoms with E-state index in [2.05, 4.69) is 26.0 Å². The van der Waals surface area contributed by atoms with Crippen molar-refractivity contribution in [3.8, 4) is 5.75 Å². The fraction of sp³-hybridized carbons (Fsp3) is 0.538. The largest absolute Gasteiger partial charge is 0.494 e. The van der Waals surface area contributed by atoms with Gasteiger partial charge in [-0.15, -0.1) is 0 Å². The summed E-state index contributed by atoms with van der Waals surface area (Å²) < 4.78 is 10.5. The van der Waals surface area contributed by atoms with Crippen LogP contribution in [0.2, 0.25) is 0 Å². The first-order valence-electron chi connectivity index (χ1n) is 5.45. The van der Waals surface area contributed by atoms with Gasteiger partial charge in [-0.1, -0.05) is 26.0 Å². The average Bonchev–Trinajstić information content (AvgIpc) is 2.25. The molecule has 0 saturated carbocycles. The van der Waals surface area contributed by atoms with Crippen LogP contribution in [0.25, 0.3) is 0 Å². The molecular formula is C13H20O2. The molecule has 0 N–H and O–H groups in total. The van der Waals surface area contributed by atoms with Gasteiger partial charge in [-0.05, 0) is 23.6 Å². The topological polar surface area (TPSA) is 18.5 Å². The van der Waals surface area contributed by atoms with Crippen LogP contribution in [0.1, 0.15) is 31.7 Å². The van der Waals surface area contributed by atoms with Crippen molar-refractivity contribution in [1.29, 1.82) is 0 Å². The summed E-state index contributed by atoms with van der Waals surface area (Å²) in [5, 5.41) is 0. The predicted molar refractivity (Wildman–Crippen MR) is 62.5 cm³/mol. The highest BCUT2D eigenvalue weighted by atomic mass is 16.5. The first kappa shape index (κ1) is 12.1. The van der Waals surface area contributed by atoms with Crippen molar-refractivity contribution in [3.63, 3.8) is 0 Å². The van der Waals surface area contributed by atoms with Gasteiger partial charge in [0.25, 0.3) is 0 Å². The summed E-state index contributed by atoms with van der Waals surface area (Å²) >= 11 is 0. The smallest absolute Gasteiger partial charge is 0.119 e. The fourth-order valence-corrected chi connectivity index (χ4v) is 1.34. The Labute approximate surface area is 92.2 Å². The van der Waals surface area contributed by atoms with Crippen LogP contribution in [0.4, 0.5) is 0 Å². The van der Waals surface area contributed by atoms with Crippen LogP contribution in [-0.4, -0.2) is 20.3 Å². The first-order valence-corrected chi connectivity index (χ1v) is 5.45. The maximum Gasteiger partial charge on any atom is 0.119 e. The Morgan fingerprint density at radius 3 is 2.27 bits per heavy atom. The fourth-order valence-electron chi connectivity index (χ4n) is 1.34. The lowest BCUT2D eigenvalue weighted by Gasteiger charge is -2.08. The number of ether oxygens (including phenoxy) is 2. The molecule has 0 aliphatic rings. The van der Waals surface area contributed by atoms with Crippen molar-refractivity contribution in [2.24, 2.45) is 0 Å². The molecule has 2 nitrogen and oxygen atoms in total. The summed E-state index contributed by atoms with van der Waals surface area (Å²) in [4.78, 5) is 0. The third kappa shape index (κ3) is 4.34. The summed E-state index contributed by atoms with van der Waals surface area (Å²) in [6.45, 7) is 5.85. The molecule has 15 heavy (non-hydrogen) atoms. The third-order valence-corrected chi connectivity index (χ3v) is 2.31. The maximum absolute atomic E-state index is 5.56. The minimum atomic E-state index is 0.576. The molecule has 0 unspecified atom stereocenters. The van der Waals surface area contributed by atoms with Crippen molar-refractivity contribution >= 4 is 0 Å². The van der Waals surface area contributed by atoms with E-state index in [-0.39, 0.29) is 0 Å². The van der Waals surface area contributed by atoms with E-state index in [4.69, 9.17) is 9.47 Å². The SMILES string of the molecule is COCCCOc1ccc(C(C)C)cc1. The molecule has 0 radical (unpaired) electrons. The van der Waals surface area contributed by atoms with Crippen LogP contribution >= 0.6 is 0 Å². The van der Waals surface area contributed by atoms with Gasteiger partial charge < -0.3 is 9.47 Å². The third-order valence-electron chi connectivity index (χ3n) is 2.31. The zero-order valence-electron chi connectivity index (χ0n) is 9.82. The van der Waals surface area contributed by atoms with E-state index in [0.717, 1.165) is 25.4 Å². The lowest BCUT2D eigenvalue weighted by Crippen LogP contribution is -2.01. The van der Waals surface area contributed by atoms with Crippen molar-refractivity contribution in [3.05, 3.63) is 29.8 Å². The highest BCUT2D eigenvalue weighted by Crippen LogP contribution is 2.18. The number of hydrogen-bond acceptors (Lipinski definition) is 2. The second kappa shape index (κ2) is 6.46. The molecule has 0 aromatic heterocycles. The van der Waals surface area contributed by atoms with Crippen molar-refractivity contribution in [1.82, 2.24) is 0 Å². The van der Waals surface area contributed by atoms with Crippen LogP contribution in [0.15, 0.2) is 24.3 Å². The Morgan fingerprint density at radius 2 is 1.73 bits per heavy atom. The van der Waals surface area contributed by atoms with Crippen molar-refractivity contribution in [2.45, 2.75) is 26.2 Å². The Morgan fingerprint density at radius 1 is 1.07 bits per heavy atom.